The minimum atomic E-state index is -2.89. The van der Waals surface area contributed by atoms with Gasteiger partial charge >= 0.3 is 6.61 Å². The van der Waals surface area contributed by atoms with Crippen molar-refractivity contribution in [3.63, 3.8) is 0 Å². The normalized spacial score (nSPS) is 12.4. The summed E-state index contributed by atoms with van der Waals surface area (Å²) in [6.07, 6.45) is 3.55. The molecule has 0 spiro atoms. The molecule has 0 aliphatic heterocycles. The third-order valence-corrected chi connectivity index (χ3v) is 3.33. The largest absolute Gasteiger partial charge is 0.434 e. The van der Waals surface area contributed by atoms with Gasteiger partial charge in [0.1, 0.15) is 5.75 Å². The summed E-state index contributed by atoms with van der Waals surface area (Å²) in [7, 11) is 0. The molecule has 1 unspecified atom stereocenters. The van der Waals surface area contributed by atoms with Crippen LogP contribution in [0.5, 0.6) is 5.75 Å². The van der Waals surface area contributed by atoms with E-state index in [0.717, 1.165) is 5.56 Å². The van der Waals surface area contributed by atoms with Crippen LogP contribution in [0, 0.1) is 0 Å². The second-order valence-corrected chi connectivity index (χ2v) is 4.71. The molecule has 0 fully saturated rings. The maximum absolute atomic E-state index is 12.5. The molecular weight excluding hydrogens is 300 g/mol. The van der Waals surface area contributed by atoms with Gasteiger partial charge in [-0.2, -0.15) is 8.78 Å². The molecule has 112 valence electrons. The van der Waals surface area contributed by atoms with Crippen LogP contribution in [0.15, 0.2) is 42.7 Å². The molecule has 2 aromatic rings. The Morgan fingerprint density at radius 3 is 2.71 bits per heavy atom. The summed E-state index contributed by atoms with van der Waals surface area (Å²) in [6.45, 7) is -2.89. The molecule has 1 heterocycles. The van der Waals surface area contributed by atoms with Gasteiger partial charge in [-0.05, 0) is 24.1 Å². The van der Waals surface area contributed by atoms with E-state index < -0.39 is 12.7 Å². The van der Waals surface area contributed by atoms with Crippen LogP contribution in [0.2, 0.25) is 5.02 Å². The number of nitrogens with zero attached hydrogens (tertiary/aromatic N) is 1. The lowest BCUT2D eigenvalue weighted by molar-refractivity contribution is -0.0507. The van der Waals surface area contributed by atoms with Crippen molar-refractivity contribution >= 4 is 11.6 Å². The van der Waals surface area contributed by atoms with Gasteiger partial charge in [0.25, 0.3) is 0 Å². The number of nitrogens with two attached hydrogens (primary N) is 1. The van der Waals surface area contributed by atoms with Crippen molar-refractivity contribution in [2.24, 2.45) is 5.84 Å². The van der Waals surface area contributed by atoms with Crippen molar-refractivity contribution in [2.75, 3.05) is 0 Å². The minimum absolute atomic E-state index is 0.0839. The number of halogens is 3. The van der Waals surface area contributed by atoms with E-state index in [4.69, 9.17) is 17.4 Å². The number of rotatable bonds is 6. The number of hydrogen-bond donors (Lipinski definition) is 2. The van der Waals surface area contributed by atoms with Crippen molar-refractivity contribution in [2.45, 2.75) is 19.1 Å². The molecule has 1 aromatic carbocycles. The number of pyridine rings is 1. The molecule has 1 atom stereocenters. The van der Waals surface area contributed by atoms with E-state index in [1.807, 2.05) is 0 Å². The first-order chi connectivity index (χ1) is 10.1. The molecule has 0 saturated heterocycles. The predicted octanol–water partition coefficient (Wildman–Crippen LogP) is 3.08. The lowest BCUT2D eigenvalue weighted by Gasteiger charge is -2.20. The first kappa shape index (κ1) is 15.6. The van der Waals surface area contributed by atoms with Gasteiger partial charge in [0.15, 0.2) is 0 Å². The highest BCUT2D eigenvalue weighted by Gasteiger charge is 2.18. The van der Waals surface area contributed by atoms with Crippen molar-refractivity contribution in [3.8, 4) is 5.75 Å². The van der Waals surface area contributed by atoms with Gasteiger partial charge < -0.3 is 4.74 Å². The number of nitrogens with one attached hydrogen (secondary N) is 1. The molecule has 4 nitrogen and oxygen atoms in total. The number of alkyl halides is 2. The third kappa shape index (κ3) is 4.10. The first-order valence-electron chi connectivity index (χ1n) is 6.20. The summed E-state index contributed by atoms with van der Waals surface area (Å²) < 4.78 is 29.4. The van der Waals surface area contributed by atoms with Crippen molar-refractivity contribution in [1.82, 2.24) is 10.4 Å². The van der Waals surface area contributed by atoms with Crippen LogP contribution in [0.4, 0.5) is 8.78 Å². The second-order valence-electron chi connectivity index (χ2n) is 4.31. The maximum atomic E-state index is 12.5. The molecule has 21 heavy (non-hydrogen) atoms. The van der Waals surface area contributed by atoms with Gasteiger partial charge in [0.2, 0.25) is 0 Å². The van der Waals surface area contributed by atoms with Crippen LogP contribution in [-0.4, -0.2) is 11.6 Å². The molecule has 0 aliphatic carbocycles. The molecule has 0 radical (unpaired) electrons. The van der Waals surface area contributed by atoms with E-state index in [9.17, 15) is 8.78 Å². The van der Waals surface area contributed by atoms with Crippen LogP contribution in [0.3, 0.4) is 0 Å². The van der Waals surface area contributed by atoms with Gasteiger partial charge in [-0.1, -0.05) is 29.8 Å². The molecule has 7 heteroatoms. The number of benzene rings is 1. The van der Waals surface area contributed by atoms with E-state index in [1.54, 1.807) is 30.5 Å². The monoisotopic (exact) mass is 313 g/mol. The topological polar surface area (TPSA) is 60.2 Å². The number of para-hydroxylation sites is 1. The Hall–Kier alpha value is -1.76. The van der Waals surface area contributed by atoms with E-state index in [-0.39, 0.29) is 5.75 Å². The van der Waals surface area contributed by atoms with Gasteiger partial charge in [-0.15, -0.1) is 0 Å². The van der Waals surface area contributed by atoms with Crippen LogP contribution in [-0.2, 0) is 6.42 Å². The van der Waals surface area contributed by atoms with Crippen LogP contribution in [0.1, 0.15) is 17.2 Å². The summed E-state index contributed by atoms with van der Waals surface area (Å²) in [4.78, 5) is 3.90. The fourth-order valence-electron chi connectivity index (χ4n) is 2.02. The Morgan fingerprint density at radius 2 is 2.05 bits per heavy atom. The Kier molecular flexibility index (Phi) is 5.44. The Balaban J connectivity index is 2.27. The van der Waals surface area contributed by atoms with Crippen molar-refractivity contribution in [3.05, 3.63) is 58.9 Å². The smallest absolute Gasteiger partial charge is 0.387 e. The number of aromatic nitrogens is 1. The molecule has 0 aliphatic rings. The summed E-state index contributed by atoms with van der Waals surface area (Å²) in [5.74, 6) is 5.63. The third-order valence-electron chi connectivity index (χ3n) is 2.99. The fraction of sp³-hybridized carbons (Fsp3) is 0.214. The summed E-state index contributed by atoms with van der Waals surface area (Å²) in [5, 5.41) is 0.491. The lowest BCUT2D eigenvalue weighted by Crippen LogP contribution is -2.30. The van der Waals surface area contributed by atoms with E-state index in [0.29, 0.717) is 17.0 Å². The molecule has 1 aromatic heterocycles. The fourth-order valence-corrected chi connectivity index (χ4v) is 2.22. The second kappa shape index (κ2) is 7.31. The van der Waals surface area contributed by atoms with Crippen LogP contribution in [0.25, 0.3) is 0 Å². The standard InChI is InChI=1S/C14H14ClF2N3O/c15-11-8-19-6-5-9(11)7-12(20-18)10-3-1-2-4-13(10)21-14(16)17/h1-6,8,12,14,20H,7,18H2. The molecule has 0 bridgehead atoms. The quantitative estimate of drug-likeness (QED) is 0.635. The Bertz CT molecular complexity index is 598. The zero-order chi connectivity index (χ0) is 15.2. The maximum Gasteiger partial charge on any atom is 0.387 e. The lowest BCUT2D eigenvalue weighted by atomic mass is 9.99. The van der Waals surface area contributed by atoms with Crippen molar-refractivity contribution < 1.29 is 13.5 Å². The highest BCUT2D eigenvalue weighted by atomic mass is 35.5. The number of hydrogen-bond acceptors (Lipinski definition) is 4. The average molecular weight is 314 g/mol. The first-order valence-corrected chi connectivity index (χ1v) is 6.58. The van der Waals surface area contributed by atoms with Gasteiger partial charge in [0, 0.05) is 18.0 Å². The zero-order valence-electron chi connectivity index (χ0n) is 11.0. The molecular formula is C14H14ClF2N3O. The summed E-state index contributed by atoms with van der Waals surface area (Å²) in [6, 6.07) is 7.83. The SMILES string of the molecule is NNC(Cc1ccncc1Cl)c1ccccc1OC(F)F. The molecule has 0 saturated carbocycles. The van der Waals surface area contributed by atoms with Crippen LogP contribution >= 0.6 is 11.6 Å². The molecule has 2 rings (SSSR count). The van der Waals surface area contributed by atoms with Gasteiger partial charge in [-0.3, -0.25) is 16.3 Å². The predicted molar refractivity (Wildman–Crippen MR) is 76.1 cm³/mol. The Morgan fingerprint density at radius 1 is 1.29 bits per heavy atom. The average Bonchev–Trinajstić information content (AvgIpc) is 2.47. The molecule has 0 amide bonds. The van der Waals surface area contributed by atoms with Crippen molar-refractivity contribution in [1.29, 1.82) is 0 Å². The van der Waals surface area contributed by atoms with E-state index in [1.165, 1.54) is 12.3 Å². The van der Waals surface area contributed by atoms with Gasteiger partial charge in [0.05, 0.1) is 11.1 Å². The minimum Gasteiger partial charge on any atom is -0.434 e. The molecule has 3 N–H and O–H groups in total. The van der Waals surface area contributed by atoms with E-state index in [2.05, 4.69) is 15.1 Å². The van der Waals surface area contributed by atoms with E-state index >= 15 is 0 Å². The van der Waals surface area contributed by atoms with Gasteiger partial charge in [-0.25, -0.2) is 0 Å². The highest BCUT2D eigenvalue weighted by Crippen LogP contribution is 2.29. The number of hydrazine groups is 1. The van der Waals surface area contributed by atoms with Crippen LogP contribution < -0.4 is 16.0 Å². The summed E-state index contributed by atoms with van der Waals surface area (Å²) >= 11 is 6.05. The highest BCUT2D eigenvalue weighted by molar-refractivity contribution is 6.31. The Labute approximate surface area is 125 Å². The summed E-state index contributed by atoms with van der Waals surface area (Å²) in [5.41, 5.74) is 3.95. The number of ether oxygens (including phenoxy) is 1. The zero-order valence-corrected chi connectivity index (χ0v) is 11.7.